The summed E-state index contributed by atoms with van der Waals surface area (Å²) in [4.78, 5) is 34.7. The van der Waals surface area contributed by atoms with Crippen molar-refractivity contribution < 1.29 is 24.5 Å². The molecule has 3 fully saturated rings. The van der Waals surface area contributed by atoms with Gasteiger partial charge >= 0.3 is 0 Å². The average Bonchev–Trinajstić information content (AvgIpc) is 3.68. The summed E-state index contributed by atoms with van der Waals surface area (Å²) in [5.74, 6) is 0.872. The molecule has 41 heavy (non-hydrogen) atoms. The minimum Gasteiger partial charge on any atom is -0.504 e. The lowest BCUT2D eigenvalue weighted by molar-refractivity contribution is -0.188. The van der Waals surface area contributed by atoms with Gasteiger partial charge in [0, 0.05) is 49.3 Å². The summed E-state index contributed by atoms with van der Waals surface area (Å²) in [6.07, 6.45) is 8.57. The maximum Gasteiger partial charge on any atom is 0.252 e. The van der Waals surface area contributed by atoms with E-state index in [9.17, 15) is 19.8 Å². The van der Waals surface area contributed by atoms with Crippen molar-refractivity contribution in [2.45, 2.75) is 75.2 Å². The maximum absolute atomic E-state index is 14.3. The van der Waals surface area contributed by atoms with Gasteiger partial charge < -0.3 is 25.2 Å². The number of aromatic nitrogens is 1. The van der Waals surface area contributed by atoms with Crippen LogP contribution in [0.5, 0.6) is 11.5 Å². The van der Waals surface area contributed by atoms with Crippen molar-refractivity contribution in [2.75, 3.05) is 25.5 Å². The van der Waals surface area contributed by atoms with Crippen LogP contribution in [0.1, 0.15) is 55.8 Å². The summed E-state index contributed by atoms with van der Waals surface area (Å²) in [6, 6.07) is 7.48. The molecule has 0 radical (unpaired) electrons. The molecule has 5 aliphatic carbocycles. The molecule has 2 aromatic rings. The third-order valence-corrected chi connectivity index (χ3v) is 11.0. The van der Waals surface area contributed by atoms with E-state index in [0.717, 1.165) is 43.8 Å². The molecule has 0 unspecified atom stereocenters. The Balaban J connectivity index is 1.23. The van der Waals surface area contributed by atoms with Crippen LogP contribution < -0.4 is 10.1 Å². The van der Waals surface area contributed by atoms with Crippen LogP contribution in [0.3, 0.4) is 0 Å². The van der Waals surface area contributed by atoms with E-state index in [1.165, 1.54) is 25.3 Å². The van der Waals surface area contributed by atoms with Gasteiger partial charge in [-0.2, -0.15) is 0 Å². The summed E-state index contributed by atoms with van der Waals surface area (Å²) < 4.78 is 6.62. The van der Waals surface area contributed by atoms with Crippen molar-refractivity contribution in [2.24, 2.45) is 11.3 Å². The molecular formula is C32H36N4O5. The van der Waals surface area contributed by atoms with Crippen LogP contribution in [-0.4, -0.2) is 74.7 Å². The standard InChI is InChI=1S/C32H36N4O5/c1-18(37)34-22-4-3-12-33-23(22)17-35(2)28(39)21-15-30-9-10-32(21,40)29-31(30)11-13-36(16-19-5-6-19)25(30)14-20-7-8-24(38)27(41-29)26(20)31/h3-4,7-8,12,15,19,25,29,38,40H,5-6,9-11,13-14,16-17H2,1-2H3,(H,34,37)/t25-,29-,30-,31+,32-/m1/s1. The van der Waals surface area contributed by atoms with Gasteiger partial charge in [-0.1, -0.05) is 12.1 Å². The van der Waals surface area contributed by atoms with Crippen LogP contribution >= 0.6 is 0 Å². The number of likely N-dealkylation sites (N-methyl/N-ethyl adjacent to an activating group) is 1. The van der Waals surface area contributed by atoms with Gasteiger partial charge in [-0.15, -0.1) is 0 Å². The van der Waals surface area contributed by atoms with Crippen molar-refractivity contribution in [1.29, 1.82) is 0 Å². The molecular weight excluding hydrogens is 520 g/mol. The molecule has 214 valence electrons. The van der Waals surface area contributed by atoms with Crippen molar-refractivity contribution in [1.82, 2.24) is 14.8 Å². The number of ether oxygens (including phenoxy) is 1. The highest BCUT2D eigenvalue weighted by Crippen LogP contribution is 2.74. The number of carbonyl (C=O) groups excluding carboxylic acids is 2. The zero-order valence-electron chi connectivity index (χ0n) is 23.5. The lowest BCUT2D eigenvalue weighted by Gasteiger charge is -2.70. The SMILES string of the molecule is CC(=O)Nc1cccnc1CN(C)C(=O)C1=C[C@@]23CC[C@]1(O)[C@@H]1Oc4c(O)ccc5c4[C@@]12CCN(CC1CC1)[C@@H]3C5. The van der Waals surface area contributed by atoms with E-state index in [0.29, 0.717) is 29.1 Å². The lowest BCUT2D eigenvalue weighted by atomic mass is 9.38. The van der Waals surface area contributed by atoms with E-state index in [-0.39, 0.29) is 35.6 Å². The van der Waals surface area contributed by atoms with Crippen LogP contribution in [0, 0.1) is 11.3 Å². The first-order valence-electron chi connectivity index (χ1n) is 14.9. The van der Waals surface area contributed by atoms with E-state index in [1.54, 1.807) is 36.3 Å². The van der Waals surface area contributed by atoms with Gasteiger partial charge in [0.2, 0.25) is 5.91 Å². The number of anilines is 1. The van der Waals surface area contributed by atoms with E-state index in [4.69, 9.17) is 4.74 Å². The number of carbonyl (C=O) groups is 2. The Kier molecular flexibility index (Phi) is 5.13. The summed E-state index contributed by atoms with van der Waals surface area (Å²) in [7, 11) is 1.71. The largest absolute Gasteiger partial charge is 0.504 e. The minimum atomic E-state index is -1.49. The highest BCUT2D eigenvalue weighted by Gasteiger charge is 2.78. The Labute approximate surface area is 239 Å². The highest BCUT2D eigenvalue weighted by atomic mass is 16.5. The molecule has 4 bridgehead atoms. The first kappa shape index (κ1) is 25.3. The van der Waals surface area contributed by atoms with Gasteiger partial charge in [-0.05, 0) is 74.8 Å². The fraction of sp³-hybridized carbons (Fsp3) is 0.531. The van der Waals surface area contributed by atoms with Gasteiger partial charge in [0.25, 0.3) is 5.91 Å². The molecule has 1 saturated heterocycles. The molecule has 9 heteroatoms. The Bertz CT molecular complexity index is 1540. The van der Waals surface area contributed by atoms with Crippen molar-refractivity contribution in [3.63, 3.8) is 0 Å². The molecule has 1 aromatic carbocycles. The molecule has 9 nitrogen and oxygen atoms in total. The minimum absolute atomic E-state index is 0.107. The van der Waals surface area contributed by atoms with Gasteiger partial charge in [0.05, 0.1) is 23.3 Å². The number of likely N-dealkylation sites (tertiary alicyclic amines) is 1. The second kappa shape index (κ2) is 8.32. The molecule has 2 aliphatic heterocycles. The molecule has 9 rings (SSSR count). The van der Waals surface area contributed by atoms with Crippen LogP contribution in [0.2, 0.25) is 0 Å². The number of hydrogen-bond donors (Lipinski definition) is 3. The van der Waals surface area contributed by atoms with Gasteiger partial charge in [0.1, 0.15) is 11.7 Å². The number of rotatable bonds is 6. The quantitative estimate of drug-likeness (QED) is 0.501. The molecule has 5 atom stereocenters. The van der Waals surface area contributed by atoms with E-state index < -0.39 is 17.1 Å². The number of hydrogen-bond acceptors (Lipinski definition) is 7. The molecule has 2 spiro atoms. The van der Waals surface area contributed by atoms with Crippen molar-refractivity contribution >= 4 is 17.5 Å². The van der Waals surface area contributed by atoms with Gasteiger partial charge in [-0.3, -0.25) is 19.5 Å². The molecule has 2 saturated carbocycles. The third-order valence-electron chi connectivity index (χ3n) is 11.0. The van der Waals surface area contributed by atoms with Crippen molar-refractivity contribution in [3.8, 4) is 11.5 Å². The zero-order valence-corrected chi connectivity index (χ0v) is 23.5. The molecule has 1 aromatic heterocycles. The number of pyridine rings is 1. The van der Waals surface area contributed by atoms with Crippen LogP contribution in [0.15, 0.2) is 42.1 Å². The molecule has 3 heterocycles. The van der Waals surface area contributed by atoms with Crippen LogP contribution in [0.25, 0.3) is 0 Å². The topological polar surface area (TPSA) is 115 Å². The van der Waals surface area contributed by atoms with Crippen LogP contribution in [-0.2, 0) is 28.0 Å². The monoisotopic (exact) mass is 556 g/mol. The molecule has 3 N–H and O–H groups in total. The normalized spacial score (nSPS) is 34.0. The van der Waals surface area contributed by atoms with Crippen LogP contribution in [0.4, 0.5) is 5.69 Å². The summed E-state index contributed by atoms with van der Waals surface area (Å²) in [6.45, 7) is 3.61. The number of amides is 2. The maximum atomic E-state index is 14.3. The zero-order chi connectivity index (χ0) is 28.3. The number of phenols is 1. The number of piperidine rings is 1. The Morgan fingerprint density at radius 2 is 2.05 bits per heavy atom. The number of nitrogens with one attached hydrogen (secondary N) is 1. The second-order valence-electron chi connectivity index (χ2n) is 13.2. The first-order valence-corrected chi connectivity index (χ1v) is 14.9. The predicted octanol–water partition coefficient (Wildman–Crippen LogP) is 2.89. The number of aliphatic hydroxyl groups is 1. The lowest BCUT2D eigenvalue weighted by Crippen LogP contribution is -2.78. The Hall–Kier alpha value is -3.43. The number of benzene rings is 1. The number of aromatic hydroxyl groups is 1. The third kappa shape index (κ3) is 3.22. The first-order chi connectivity index (χ1) is 19.7. The Morgan fingerprint density at radius 3 is 2.83 bits per heavy atom. The Morgan fingerprint density at radius 1 is 1.22 bits per heavy atom. The van der Waals surface area contributed by atoms with E-state index in [1.807, 2.05) is 6.07 Å². The smallest absolute Gasteiger partial charge is 0.252 e. The summed E-state index contributed by atoms with van der Waals surface area (Å²) in [5, 5.41) is 26.2. The number of fused-ring (bicyclic) bond motifs is 1. The highest BCUT2D eigenvalue weighted by molar-refractivity contribution is 5.97. The van der Waals surface area contributed by atoms with Gasteiger partial charge in [-0.25, -0.2) is 0 Å². The molecule has 7 aliphatic rings. The summed E-state index contributed by atoms with van der Waals surface area (Å²) >= 11 is 0. The van der Waals surface area contributed by atoms with Gasteiger partial charge in [0.15, 0.2) is 11.5 Å². The fourth-order valence-corrected chi connectivity index (χ4v) is 9.17. The average molecular weight is 557 g/mol. The predicted molar refractivity (Wildman–Crippen MR) is 150 cm³/mol. The molecule has 2 amide bonds. The van der Waals surface area contributed by atoms with Crippen molar-refractivity contribution in [3.05, 3.63) is 58.9 Å². The fourth-order valence-electron chi connectivity index (χ4n) is 9.17. The van der Waals surface area contributed by atoms with E-state index in [2.05, 4.69) is 21.3 Å². The van der Waals surface area contributed by atoms with E-state index >= 15 is 0 Å². The number of nitrogens with zero attached hydrogens (tertiary/aromatic N) is 3. The summed E-state index contributed by atoms with van der Waals surface area (Å²) in [5.41, 5.74) is 1.45. The number of phenolic OH excluding ortho intramolecular Hbond substituents is 1. The second-order valence-corrected chi connectivity index (χ2v) is 13.2.